The van der Waals surface area contributed by atoms with Crippen LogP contribution in [-0.4, -0.2) is 43.9 Å². The number of thiophene rings is 1. The van der Waals surface area contributed by atoms with Crippen molar-refractivity contribution < 1.29 is 14.3 Å². The number of carbonyl (C=O) groups is 1. The maximum Gasteiger partial charge on any atom is 0.312 e. The second-order valence-corrected chi connectivity index (χ2v) is 8.38. The molecule has 0 aliphatic rings. The normalized spacial score (nSPS) is 11.0. The number of amides is 1. The standard InChI is InChI=1S/C24H20N6O4S/c25-20(31)21-28-22-19(18(13-35-22)16-6-2-1-3-7-16)23(32)30(21)12-15-5-4-8-17(11-15)33-9-10-34-24-26-14-27-29-24/h1-8,11,13-14H,9-10,12H2,(H2,25,31)(H,26,27,29). The minimum Gasteiger partial charge on any atom is -0.490 e. The molecule has 11 heteroatoms. The Balaban J connectivity index is 1.42. The monoisotopic (exact) mass is 488 g/mol. The zero-order valence-corrected chi connectivity index (χ0v) is 19.2. The number of H-pyrrole nitrogens is 1. The van der Waals surface area contributed by atoms with E-state index in [4.69, 9.17) is 15.2 Å². The number of rotatable bonds is 9. The van der Waals surface area contributed by atoms with Gasteiger partial charge in [0.15, 0.2) is 0 Å². The Morgan fingerprint density at radius 2 is 1.91 bits per heavy atom. The molecule has 3 aromatic heterocycles. The van der Waals surface area contributed by atoms with Crippen LogP contribution in [0.4, 0.5) is 0 Å². The van der Waals surface area contributed by atoms with Gasteiger partial charge in [-0.3, -0.25) is 14.2 Å². The summed E-state index contributed by atoms with van der Waals surface area (Å²) in [6, 6.07) is 17.1. The van der Waals surface area contributed by atoms with Crippen LogP contribution in [0, 0.1) is 0 Å². The Bertz CT molecular complexity index is 1530. The molecule has 0 atom stereocenters. The summed E-state index contributed by atoms with van der Waals surface area (Å²) in [4.78, 5) is 34.5. The maximum atomic E-state index is 13.6. The number of hydrogen-bond donors (Lipinski definition) is 2. The zero-order valence-electron chi connectivity index (χ0n) is 18.4. The van der Waals surface area contributed by atoms with Crippen LogP contribution in [-0.2, 0) is 6.54 Å². The molecule has 0 unspecified atom stereocenters. The van der Waals surface area contributed by atoms with Crippen molar-refractivity contribution >= 4 is 27.5 Å². The fraction of sp³-hybridized carbons (Fsp3) is 0.125. The smallest absolute Gasteiger partial charge is 0.312 e. The van der Waals surface area contributed by atoms with Crippen LogP contribution >= 0.6 is 11.3 Å². The molecule has 0 saturated heterocycles. The molecule has 3 heterocycles. The molecule has 1 amide bonds. The van der Waals surface area contributed by atoms with E-state index in [9.17, 15) is 9.59 Å². The Kier molecular flexibility index (Phi) is 6.22. The molecule has 0 radical (unpaired) electrons. The molecule has 0 spiro atoms. The molecular formula is C24H20N6O4S. The number of aromatic nitrogens is 5. The van der Waals surface area contributed by atoms with Crippen molar-refractivity contribution in [3.8, 4) is 22.9 Å². The first-order chi connectivity index (χ1) is 17.1. The highest BCUT2D eigenvalue weighted by Gasteiger charge is 2.20. The number of nitrogens with one attached hydrogen (secondary N) is 1. The Morgan fingerprint density at radius 3 is 2.69 bits per heavy atom. The topological polar surface area (TPSA) is 138 Å². The number of aromatic amines is 1. The molecule has 0 aliphatic carbocycles. The fourth-order valence-electron chi connectivity index (χ4n) is 3.67. The third-order valence-corrected chi connectivity index (χ3v) is 6.09. The second-order valence-electron chi connectivity index (χ2n) is 7.52. The summed E-state index contributed by atoms with van der Waals surface area (Å²) in [6.45, 7) is 0.654. The van der Waals surface area contributed by atoms with E-state index in [1.165, 1.54) is 22.2 Å². The van der Waals surface area contributed by atoms with Crippen molar-refractivity contribution in [2.45, 2.75) is 6.54 Å². The summed E-state index contributed by atoms with van der Waals surface area (Å²) >= 11 is 1.31. The number of carbonyl (C=O) groups excluding carboxylic acids is 1. The number of ether oxygens (including phenoxy) is 2. The van der Waals surface area contributed by atoms with Crippen molar-refractivity contribution in [3.05, 3.63) is 88.0 Å². The lowest BCUT2D eigenvalue weighted by Gasteiger charge is -2.12. The van der Waals surface area contributed by atoms with Crippen LogP contribution < -0.4 is 20.8 Å². The van der Waals surface area contributed by atoms with E-state index in [2.05, 4.69) is 20.2 Å². The van der Waals surface area contributed by atoms with Crippen LogP contribution in [0.5, 0.6) is 11.8 Å². The van der Waals surface area contributed by atoms with E-state index in [-0.39, 0.29) is 31.1 Å². The summed E-state index contributed by atoms with van der Waals surface area (Å²) < 4.78 is 12.4. The predicted molar refractivity (Wildman–Crippen MR) is 131 cm³/mol. The molecular weight excluding hydrogens is 468 g/mol. The molecule has 0 fully saturated rings. The number of benzene rings is 2. The lowest BCUT2D eigenvalue weighted by atomic mass is 10.1. The summed E-state index contributed by atoms with van der Waals surface area (Å²) in [5, 5.41) is 8.65. The van der Waals surface area contributed by atoms with Gasteiger partial charge in [0.2, 0.25) is 5.82 Å². The molecule has 0 aliphatic heterocycles. The molecule has 176 valence electrons. The number of primary amides is 1. The minimum atomic E-state index is -0.768. The van der Waals surface area contributed by atoms with Crippen molar-refractivity contribution in [3.63, 3.8) is 0 Å². The fourth-order valence-corrected chi connectivity index (χ4v) is 4.60. The van der Waals surface area contributed by atoms with Gasteiger partial charge in [0, 0.05) is 10.9 Å². The van der Waals surface area contributed by atoms with Gasteiger partial charge in [-0.2, -0.15) is 10.1 Å². The van der Waals surface area contributed by atoms with Crippen molar-refractivity contribution in [1.82, 2.24) is 24.7 Å². The van der Waals surface area contributed by atoms with Crippen LogP contribution in [0.1, 0.15) is 16.2 Å². The summed E-state index contributed by atoms with van der Waals surface area (Å²) in [5.41, 5.74) is 7.69. The van der Waals surface area contributed by atoms with Crippen LogP contribution in [0.15, 0.2) is 71.1 Å². The van der Waals surface area contributed by atoms with Gasteiger partial charge in [-0.05, 0) is 23.3 Å². The van der Waals surface area contributed by atoms with Crippen molar-refractivity contribution in [2.24, 2.45) is 5.73 Å². The van der Waals surface area contributed by atoms with E-state index >= 15 is 0 Å². The van der Waals surface area contributed by atoms with Gasteiger partial charge < -0.3 is 15.2 Å². The SMILES string of the molecule is NC(=O)c1nc2scc(-c3ccccc3)c2c(=O)n1Cc1cccc(OCCOc2ncn[nH]2)c1. The second kappa shape index (κ2) is 9.77. The first-order valence-corrected chi connectivity index (χ1v) is 11.6. The maximum absolute atomic E-state index is 13.6. The van der Waals surface area contributed by atoms with Crippen molar-refractivity contribution in [1.29, 1.82) is 0 Å². The number of fused-ring (bicyclic) bond motifs is 1. The van der Waals surface area contributed by atoms with E-state index < -0.39 is 5.91 Å². The Morgan fingerprint density at radius 1 is 1.09 bits per heavy atom. The van der Waals surface area contributed by atoms with Crippen LogP contribution in [0.3, 0.4) is 0 Å². The van der Waals surface area contributed by atoms with Gasteiger partial charge in [-0.25, -0.2) is 10.1 Å². The number of nitrogens with zero attached hydrogens (tertiary/aromatic N) is 4. The highest BCUT2D eigenvalue weighted by molar-refractivity contribution is 7.17. The summed E-state index contributed by atoms with van der Waals surface area (Å²) in [7, 11) is 0. The number of nitrogens with two attached hydrogens (primary N) is 1. The Labute approximate surface area is 203 Å². The molecule has 0 bridgehead atoms. The molecule has 5 rings (SSSR count). The third-order valence-electron chi connectivity index (χ3n) is 5.22. The summed E-state index contributed by atoms with van der Waals surface area (Å²) in [5.74, 6) is -0.266. The van der Waals surface area contributed by atoms with E-state index in [0.29, 0.717) is 22.0 Å². The average molecular weight is 489 g/mol. The third kappa shape index (κ3) is 4.75. The van der Waals surface area contributed by atoms with Gasteiger partial charge in [-0.15, -0.1) is 11.3 Å². The van der Waals surface area contributed by atoms with Gasteiger partial charge in [-0.1, -0.05) is 42.5 Å². The Hall–Kier alpha value is -4.51. The van der Waals surface area contributed by atoms with Gasteiger partial charge in [0.25, 0.3) is 11.5 Å². The molecule has 5 aromatic rings. The highest BCUT2D eigenvalue weighted by atomic mass is 32.1. The zero-order chi connectivity index (χ0) is 24.2. The lowest BCUT2D eigenvalue weighted by Crippen LogP contribution is -2.31. The van der Waals surface area contributed by atoms with E-state index in [1.54, 1.807) is 12.1 Å². The van der Waals surface area contributed by atoms with E-state index in [1.807, 2.05) is 47.8 Å². The van der Waals surface area contributed by atoms with Gasteiger partial charge >= 0.3 is 6.01 Å². The molecule has 3 N–H and O–H groups in total. The predicted octanol–water partition coefficient (Wildman–Crippen LogP) is 2.85. The first-order valence-electron chi connectivity index (χ1n) is 10.7. The molecule has 0 saturated carbocycles. The van der Waals surface area contributed by atoms with Crippen molar-refractivity contribution in [2.75, 3.05) is 13.2 Å². The van der Waals surface area contributed by atoms with Crippen LogP contribution in [0.2, 0.25) is 0 Å². The minimum absolute atomic E-state index is 0.0873. The average Bonchev–Trinajstić information content (AvgIpc) is 3.54. The highest BCUT2D eigenvalue weighted by Crippen LogP contribution is 2.31. The van der Waals surface area contributed by atoms with Crippen LogP contribution in [0.25, 0.3) is 21.3 Å². The lowest BCUT2D eigenvalue weighted by molar-refractivity contribution is 0.0985. The van der Waals surface area contributed by atoms with E-state index in [0.717, 1.165) is 16.7 Å². The first kappa shape index (κ1) is 22.3. The quantitative estimate of drug-likeness (QED) is 0.304. The summed E-state index contributed by atoms with van der Waals surface area (Å²) in [6.07, 6.45) is 1.35. The molecule has 10 nitrogen and oxygen atoms in total. The van der Waals surface area contributed by atoms with Gasteiger partial charge in [0.1, 0.15) is 30.1 Å². The molecule has 2 aromatic carbocycles. The largest absolute Gasteiger partial charge is 0.490 e. The molecule has 35 heavy (non-hydrogen) atoms. The number of hydrogen-bond acceptors (Lipinski definition) is 8. The van der Waals surface area contributed by atoms with Gasteiger partial charge in [0.05, 0.1) is 11.9 Å².